The predicted octanol–water partition coefficient (Wildman–Crippen LogP) is 0.661. The smallest absolute Gasteiger partial charge is 0.304 e. The highest BCUT2D eigenvalue weighted by Gasteiger charge is 2.31. The number of hydrogen-bond acceptors (Lipinski definition) is 3. The summed E-state index contributed by atoms with van der Waals surface area (Å²) in [5.74, 6) is 2.52. The zero-order chi connectivity index (χ0) is 9.26. The number of rotatable bonds is 1. The van der Waals surface area contributed by atoms with Crippen LogP contribution in [0.3, 0.4) is 0 Å². The molecule has 1 fully saturated rings. The molecule has 4 heteroatoms. The number of oxazole rings is 1. The van der Waals surface area contributed by atoms with Crippen LogP contribution in [0.25, 0.3) is 0 Å². The first-order chi connectivity index (χ1) is 6.31. The van der Waals surface area contributed by atoms with E-state index in [9.17, 15) is 4.79 Å². The van der Waals surface area contributed by atoms with Crippen molar-refractivity contribution in [1.29, 1.82) is 0 Å². The molecular formula is C9H8N2O2. The van der Waals surface area contributed by atoms with Crippen molar-refractivity contribution in [2.24, 2.45) is 5.92 Å². The van der Waals surface area contributed by atoms with E-state index >= 15 is 0 Å². The van der Waals surface area contributed by atoms with Crippen molar-refractivity contribution < 1.29 is 9.21 Å². The zero-order valence-corrected chi connectivity index (χ0v) is 6.93. The fourth-order valence-corrected chi connectivity index (χ4v) is 1.35. The van der Waals surface area contributed by atoms with Crippen LogP contribution in [0.5, 0.6) is 0 Å². The van der Waals surface area contributed by atoms with Crippen LogP contribution in [-0.2, 0) is 4.79 Å². The van der Waals surface area contributed by atoms with Gasteiger partial charge in [-0.05, 0) is 0 Å². The molecule has 2 heterocycles. The molecule has 13 heavy (non-hydrogen) atoms. The van der Waals surface area contributed by atoms with Crippen LogP contribution in [0.2, 0.25) is 0 Å². The number of carbonyl (C=O) groups excluding carboxylic acids is 1. The van der Waals surface area contributed by atoms with Gasteiger partial charge >= 0.3 is 6.01 Å². The lowest BCUT2D eigenvalue weighted by Crippen LogP contribution is -2.24. The van der Waals surface area contributed by atoms with Gasteiger partial charge in [0.15, 0.2) is 0 Å². The summed E-state index contributed by atoms with van der Waals surface area (Å²) in [5, 5.41) is 0. The zero-order valence-electron chi connectivity index (χ0n) is 6.93. The van der Waals surface area contributed by atoms with Crippen molar-refractivity contribution in [3.63, 3.8) is 0 Å². The molecule has 1 atom stereocenters. The van der Waals surface area contributed by atoms with Crippen molar-refractivity contribution >= 4 is 11.9 Å². The van der Waals surface area contributed by atoms with E-state index in [0.717, 1.165) is 0 Å². The average molecular weight is 176 g/mol. The second-order valence-corrected chi connectivity index (χ2v) is 2.89. The summed E-state index contributed by atoms with van der Waals surface area (Å²) in [4.78, 5) is 16.7. The van der Waals surface area contributed by atoms with Crippen LogP contribution >= 0.6 is 0 Å². The summed E-state index contributed by atoms with van der Waals surface area (Å²) in [5.41, 5.74) is 0. The fourth-order valence-electron chi connectivity index (χ4n) is 1.35. The Morgan fingerprint density at radius 1 is 1.77 bits per heavy atom. The van der Waals surface area contributed by atoms with E-state index in [4.69, 9.17) is 10.8 Å². The number of anilines is 1. The maximum Gasteiger partial charge on any atom is 0.304 e. The van der Waals surface area contributed by atoms with Crippen molar-refractivity contribution in [3.05, 3.63) is 12.5 Å². The molecule has 0 aromatic carbocycles. The Morgan fingerprint density at radius 2 is 2.62 bits per heavy atom. The Bertz CT molecular complexity index is 350. The highest BCUT2D eigenvalue weighted by Crippen LogP contribution is 2.22. The molecule has 1 aromatic rings. The first-order valence-corrected chi connectivity index (χ1v) is 3.97. The number of nitrogens with zero attached hydrogens (tertiary/aromatic N) is 2. The van der Waals surface area contributed by atoms with Crippen LogP contribution in [0.4, 0.5) is 6.01 Å². The van der Waals surface area contributed by atoms with Gasteiger partial charge in [0.2, 0.25) is 5.91 Å². The second-order valence-electron chi connectivity index (χ2n) is 2.89. The molecular weight excluding hydrogens is 168 g/mol. The normalized spacial score (nSPS) is 21.9. The Labute approximate surface area is 75.5 Å². The summed E-state index contributed by atoms with van der Waals surface area (Å²) in [6.45, 7) is 0.510. The predicted molar refractivity (Wildman–Crippen MR) is 45.8 cm³/mol. The highest BCUT2D eigenvalue weighted by molar-refractivity contribution is 5.94. The van der Waals surface area contributed by atoms with Gasteiger partial charge in [0.25, 0.3) is 0 Å². The summed E-state index contributed by atoms with van der Waals surface area (Å²) in [6.07, 6.45) is 8.56. The molecule has 0 spiro atoms. The molecule has 0 radical (unpaired) electrons. The summed E-state index contributed by atoms with van der Waals surface area (Å²) in [6, 6.07) is 0.336. The fraction of sp³-hybridized carbons (Fsp3) is 0.333. The lowest BCUT2D eigenvalue weighted by molar-refractivity contribution is -0.117. The third-order valence-corrected chi connectivity index (χ3v) is 2.01. The third-order valence-electron chi connectivity index (χ3n) is 2.01. The first-order valence-electron chi connectivity index (χ1n) is 3.97. The minimum absolute atomic E-state index is 0.0144. The molecule has 4 nitrogen and oxygen atoms in total. The molecule has 0 N–H and O–H groups in total. The Balaban J connectivity index is 2.19. The maximum atomic E-state index is 11.4. The van der Waals surface area contributed by atoms with Crippen molar-refractivity contribution in [1.82, 2.24) is 4.98 Å². The quantitative estimate of drug-likeness (QED) is 0.590. The van der Waals surface area contributed by atoms with Gasteiger partial charge in [0.05, 0.1) is 6.20 Å². The molecule has 1 unspecified atom stereocenters. The van der Waals surface area contributed by atoms with E-state index in [0.29, 0.717) is 19.0 Å². The summed E-state index contributed by atoms with van der Waals surface area (Å²) < 4.78 is 5.01. The third kappa shape index (κ3) is 1.29. The van der Waals surface area contributed by atoms with Gasteiger partial charge in [-0.3, -0.25) is 9.69 Å². The van der Waals surface area contributed by atoms with Crippen molar-refractivity contribution in [2.45, 2.75) is 6.42 Å². The highest BCUT2D eigenvalue weighted by atomic mass is 16.4. The van der Waals surface area contributed by atoms with Crippen LogP contribution < -0.4 is 4.90 Å². The van der Waals surface area contributed by atoms with Gasteiger partial charge in [0, 0.05) is 18.9 Å². The van der Waals surface area contributed by atoms with E-state index in [1.807, 2.05) is 0 Å². The van der Waals surface area contributed by atoms with Crippen LogP contribution in [0.1, 0.15) is 6.42 Å². The lowest BCUT2D eigenvalue weighted by Gasteiger charge is -2.08. The molecule has 1 amide bonds. The van der Waals surface area contributed by atoms with Gasteiger partial charge in [-0.1, -0.05) is 0 Å². The van der Waals surface area contributed by atoms with Crippen molar-refractivity contribution in [2.75, 3.05) is 11.4 Å². The minimum Gasteiger partial charge on any atom is -0.432 e. The number of carbonyl (C=O) groups is 1. The topological polar surface area (TPSA) is 46.3 Å². The molecule has 66 valence electrons. The standard InChI is InChI=1S/C9H8N2O2/c1-2-7-5-8(12)11(6-7)9-10-3-4-13-9/h1,3-4,7H,5-6H2. The molecule has 1 aliphatic heterocycles. The minimum atomic E-state index is -0.0228. The Hall–Kier alpha value is -1.76. The maximum absolute atomic E-state index is 11.4. The molecule has 0 bridgehead atoms. The summed E-state index contributed by atoms with van der Waals surface area (Å²) in [7, 11) is 0. The Morgan fingerprint density at radius 3 is 3.15 bits per heavy atom. The van der Waals surface area contributed by atoms with E-state index in [1.165, 1.54) is 17.4 Å². The molecule has 2 rings (SSSR count). The molecule has 0 aliphatic carbocycles. The van der Waals surface area contributed by atoms with Crippen molar-refractivity contribution in [3.8, 4) is 12.3 Å². The largest absolute Gasteiger partial charge is 0.432 e. The second kappa shape index (κ2) is 2.94. The summed E-state index contributed by atoms with van der Waals surface area (Å²) >= 11 is 0. The lowest BCUT2D eigenvalue weighted by atomic mass is 10.1. The van der Waals surface area contributed by atoms with Crippen LogP contribution in [0.15, 0.2) is 16.9 Å². The number of aromatic nitrogens is 1. The monoisotopic (exact) mass is 176 g/mol. The van der Waals surface area contributed by atoms with Gasteiger partial charge in [-0.25, -0.2) is 4.98 Å². The van der Waals surface area contributed by atoms with E-state index < -0.39 is 0 Å². The van der Waals surface area contributed by atoms with Crippen LogP contribution in [0, 0.1) is 18.3 Å². The Kier molecular flexibility index (Phi) is 1.78. The van der Waals surface area contributed by atoms with Gasteiger partial charge in [-0.2, -0.15) is 0 Å². The van der Waals surface area contributed by atoms with Gasteiger partial charge in [0.1, 0.15) is 6.26 Å². The molecule has 0 saturated carbocycles. The molecule has 1 aliphatic rings. The molecule has 1 aromatic heterocycles. The number of amides is 1. The number of terminal acetylenes is 1. The van der Waals surface area contributed by atoms with Gasteiger partial charge < -0.3 is 4.42 Å². The van der Waals surface area contributed by atoms with E-state index in [2.05, 4.69) is 10.9 Å². The first kappa shape index (κ1) is 7.87. The number of hydrogen-bond donors (Lipinski definition) is 0. The SMILES string of the molecule is C#CC1CC(=O)N(c2ncco2)C1. The molecule has 1 saturated heterocycles. The average Bonchev–Trinajstić information content (AvgIpc) is 2.72. The van der Waals surface area contributed by atoms with E-state index in [-0.39, 0.29) is 11.8 Å². The van der Waals surface area contributed by atoms with Gasteiger partial charge in [-0.15, -0.1) is 12.3 Å². The van der Waals surface area contributed by atoms with Crippen LogP contribution in [-0.4, -0.2) is 17.4 Å². The van der Waals surface area contributed by atoms with E-state index in [1.54, 1.807) is 0 Å².